The SMILES string of the molecule is O=C(NCc1noc(=O)[nH]1)[C@@H]1C[C@@H]2O[C@H]1[C@H]1C[C@H]12. The van der Waals surface area contributed by atoms with E-state index in [1.807, 2.05) is 0 Å². The molecule has 3 heterocycles. The van der Waals surface area contributed by atoms with Crippen molar-refractivity contribution in [2.45, 2.75) is 31.6 Å². The third-order valence-electron chi connectivity index (χ3n) is 4.26. The first-order valence-corrected chi connectivity index (χ1v) is 6.20. The zero-order valence-corrected chi connectivity index (χ0v) is 9.59. The van der Waals surface area contributed by atoms with Crippen LogP contribution >= 0.6 is 0 Å². The average molecular weight is 251 g/mol. The van der Waals surface area contributed by atoms with Crippen LogP contribution in [0.2, 0.25) is 0 Å². The number of hydrogen-bond acceptors (Lipinski definition) is 5. The van der Waals surface area contributed by atoms with Crippen molar-refractivity contribution >= 4 is 5.91 Å². The molecule has 3 aliphatic rings. The van der Waals surface area contributed by atoms with Gasteiger partial charge in [-0.25, -0.2) is 4.79 Å². The van der Waals surface area contributed by atoms with E-state index in [2.05, 4.69) is 20.0 Å². The first-order valence-electron chi connectivity index (χ1n) is 6.20. The van der Waals surface area contributed by atoms with Crippen LogP contribution in [0.4, 0.5) is 0 Å². The molecule has 2 aliphatic heterocycles. The average Bonchev–Trinajstić information content (AvgIpc) is 2.75. The Kier molecular flexibility index (Phi) is 1.97. The molecule has 3 fully saturated rings. The van der Waals surface area contributed by atoms with Crippen LogP contribution in [0, 0.1) is 17.8 Å². The summed E-state index contributed by atoms with van der Waals surface area (Å²) in [7, 11) is 0. The number of fused-ring (bicyclic) bond motifs is 5. The monoisotopic (exact) mass is 251 g/mol. The Morgan fingerprint density at radius 2 is 2.33 bits per heavy atom. The Morgan fingerprint density at radius 1 is 1.44 bits per heavy atom. The van der Waals surface area contributed by atoms with Gasteiger partial charge in [0.1, 0.15) is 0 Å². The number of nitrogens with zero attached hydrogens (tertiary/aromatic N) is 1. The maximum atomic E-state index is 12.0. The number of carbonyl (C=O) groups excluding carboxylic acids is 1. The zero-order valence-electron chi connectivity index (χ0n) is 9.59. The first-order chi connectivity index (χ1) is 8.72. The van der Waals surface area contributed by atoms with E-state index in [1.54, 1.807) is 0 Å². The third-order valence-corrected chi connectivity index (χ3v) is 4.26. The lowest BCUT2D eigenvalue weighted by Gasteiger charge is -2.17. The molecule has 1 aromatic rings. The predicted octanol–water partition coefficient (Wildman–Crippen LogP) is -0.597. The Bertz CT molecular complexity index is 550. The molecule has 1 aromatic heterocycles. The minimum Gasteiger partial charge on any atom is -0.374 e. The second-order valence-corrected chi connectivity index (χ2v) is 5.30. The van der Waals surface area contributed by atoms with E-state index in [-0.39, 0.29) is 24.5 Å². The molecule has 7 nitrogen and oxygen atoms in total. The van der Waals surface area contributed by atoms with Gasteiger partial charge < -0.3 is 10.1 Å². The van der Waals surface area contributed by atoms with Crippen LogP contribution in [0.15, 0.2) is 9.32 Å². The molecule has 7 heteroatoms. The molecule has 1 saturated carbocycles. The second-order valence-electron chi connectivity index (χ2n) is 5.30. The van der Waals surface area contributed by atoms with E-state index in [0.717, 1.165) is 6.42 Å². The predicted molar refractivity (Wildman–Crippen MR) is 57.3 cm³/mol. The quantitative estimate of drug-likeness (QED) is 0.747. The van der Waals surface area contributed by atoms with Gasteiger partial charge in [-0.1, -0.05) is 5.16 Å². The van der Waals surface area contributed by atoms with Gasteiger partial charge in [-0.15, -0.1) is 0 Å². The molecular formula is C11H13N3O4. The summed E-state index contributed by atoms with van der Waals surface area (Å²) in [6.45, 7) is 0.187. The molecule has 0 aromatic carbocycles. The summed E-state index contributed by atoms with van der Waals surface area (Å²) in [6, 6.07) is 0. The maximum Gasteiger partial charge on any atom is 0.438 e. The summed E-state index contributed by atoms with van der Waals surface area (Å²) >= 11 is 0. The van der Waals surface area contributed by atoms with Crippen LogP contribution in [0.5, 0.6) is 0 Å². The summed E-state index contributed by atoms with van der Waals surface area (Å²) in [5, 5.41) is 6.26. The van der Waals surface area contributed by atoms with Crippen molar-refractivity contribution in [3.63, 3.8) is 0 Å². The molecule has 1 amide bonds. The first kappa shape index (κ1) is 10.3. The molecule has 0 spiro atoms. The van der Waals surface area contributed by atoms with Gasteiger partial charge in [0.2, 0.25) is 5.91 Å². The fourth-order valence-corrected chi connectivity index (χ4v) is 3.35. The highest BCUT2D eigenvalue weighted by Crippen LogP contribution is 2.60. The third kappa shape index (κ3) is 1.43. The minimum absolute atomic E-state index is 0.0169. The molecule has 18 heavy (non-hydrogen) atoms. The van der Waals surface area contributed by atoms with Crippen molar-refractivity contribution in [2.75, 3.05) is 0 Å². The van der Waals surface area contributed by atoms with Crippen LogP contribution in [0.25, 0.3) is 0 Å². The van der Waals surface area contributed by atoms with Crippen LogP contribution in [-0.4, -0.2) is 28.3 Å². The molecular weight excluding hydrogens is 238 g/mol. The van der Waals surface area contributed by atoms with Gasteiger partial charge >= 0.3 is 5.76 Å². The smallest absolute Gasteiger partial charge is 0.374 e. The number of carbonyl (C=O) groups is 1. The summed E-state index contributed by atoms with van der Waals surface area (Å²) in [5.41, 5.74) is 0. The zero-order chi connectivity index (χ0) is 12.3. The van der Waals surface area contributed by atoms with Crippen LogP contribution in [0.1, 0.15) is 18.7 Å². The lowest BCUT2D eigenvalue weighted by atomic mass is 9.88. The van der Waals surface area contributed by atoms with E-state index in [9.17, 15) is 9.59 Å². The van der Waals surface area contributed by atoms with Gasteiger partial charge in [0.05, 0.1) is 24.7 Å². The topological polar surface area (TPSA) is 97.2 Å². The van der Waals surface area contributed by atoms with Gasteiger partial charge in [0, 0.05) is 0 Å². The molecule has 2 bridgehead atoms. The summed E-state index contributed by atoms with van der Waals surface area (Å²) in [6.07, 6.45) is 2.45. The molecule has 4 rings (SSSR count). The summed E-state index contributed by atoms with van der Waals surface area (Å²) < 4.78 is 10.1. The van der Waals surface area contributed by atoms with Crippen LogP contribution < -0.4 is 11.1 Å². The van der Waals surface area contributed by atoms with Gasteiger partial charge in [0.15, 0.2) is 5.82 Å². The Labute approximate surface area is 102 Å². The van der Waals surface area contributed by atoms with E-state index in [4.69, 9.17) is 4.74 Å². The number of hydrogen-bond donors (Lipinski definition) is 2. The molecule has 5 atom stereocenters. The molecule has 0 radical (unpaired) electrons. The van der Waals surface area contributed by atoms with Crippen LogP contribution in [0.3, 0.4) is 0 Å². The minimum atomic E-state index is -0.608. The number of H-pyrrole nitrogens is 1. The molecule has 2 saturated heterocycles. The lowest BCUT2D eigenvalue weighted by molar-refractivity contribution is -0.127. The lowest BCUT2D eigenvalue weighted by Crippen LogP contribution is -2.36. The van der Waals surface area contributed by atoms with Crippen LogP contribution in [-0.2, 0) is 16.1 Å². The van der Waals surface area contributed by atoms with Crippen molar-refractivity contribution in [1.82, 2.24) is 15.5 Å². The van der Waals surface area contributed by atoms with Gasteiger partial charge in [-0.05, 0) is 24.7 Å². The number of nitrogens with one attached hydrogen (secondary N) is 2. The number of aromatic amines is 1. The molecule has 2 N–H and O–H groups in total. The van der Waals surface area contributed by atoms with E-state index >= 15 is 0 Å². The highest BCUT2D eigenvalue weighted by atomic mass is 16.5. The summed E-state index contributed by atoms with van der Waals surface area (Å²) in [4.78, 5) is 25.2. The summed E-state index contributed by atoms with van der Waals surface area (Å²) in [5.74, 6) is 0.983. The maximum absolute atomic E-state index is 12.0. The highest BCUT2D eigenvalue weighted by Gasteiger charge is 2.64. The fraction of sp³-hybridized carbons (Fsp3) is 0.727. The van der Waals surface area contributed by atoms with E-state index < -0.39 is 5.76 Å². The van der Waals surface area contributed by atoms with Gasteiger partial charge in [0.25, 0.3) is 0 Å². The van der Waals surface area contributed by atoms with Crippen molar-refractivity contribution in [2.24, 2.45) is 17.8 Å². The largest absolute Gasteiger partial charge is 0.438 e. The second kappa shape index (κ2) is 3.44. The molecule has 96 valence electrons. The van der Waals surface area contributed by atoms with Gasteiger partial charge in [-0.2, -0.15) is 0 Å². The molecule has 0 unspecified atom stereocenters. The fourth-order valence-electron chi connectivity index (χ4n) is 3.35. The highest BCUT2D eigenvalue weighted by molar-refractivity contribution is 5.80. The van der Waals surface area contributed by atoms with Crippen molar-refractivity contribution in [3.05, 3.63) is 16.4 Å². The van der Waals surface area contributed by atoms with Gasteiger partial charge in [-0.3, -0.25) is 14.3 Å². The van der Waals surface area contributed by atoms with E-state index in [0.29, 0.717) is 23.8 Å². The number of amides is 1. The molecule has 1 aliphatic carbocycles. The number of rotatable bonds is 3. The van der Waals surface area contributed by atoms with Crippen molar-refractivity contribution in [1.29, 1.82) is 0 Å². The van der Waals surface area contributed by atoms with Crippen molar-refractivity contribution in [3.8, 4) is 0 Å². The van der Waals surface area contributed by atoms with E-state index in [1.165, 1.54) is 6.42 Å². The Balaban J connectivity index is 1.38. The van der Waals surface area contributed by atoms with Crippen molar-refractivity contribution < 1.29 is 14.1 Å². The number of ether oxygens (including phenoxy) is 1. The normalized spacial score (nSPS) is 39.7. The standard InChI is InChI=1S/C11H13N3O4/c15-10(12-3-8-13-11(16)18-14-8)6-2-7-4-1-5(4)9(6)17-7/h4-7,9H,1-3H2,(H,12,15)(H,13,14,16)/t4-,5+,6-,7+,9+/m1/s1. The Morgan fingerprint density at radius 3 is 3.00 bits per heavy atom. The number of aromatic nitrogens is 2. The Hall–Kier alpha value is -1.63.